The molecule has 2 fully saturated rings. The van der Waals surface area contributed by atoms with Crippen LogP contribution in [0, 0.1) is 11.3 Å². The topological polar surface area (TPSA) is 182 Å². The lowest BCUT2D eigenvalue weighted by Gasteiger charge is -2.42. The number of aliphatic carboxylic acids is 2. The zero-order valence-electron chi connectivity index (χ0n) is 29.5. The molecular formula is C34H34F9N7O6. The van der Waals surface area contributed by atoms with Gasteiger partial charge in [0.25, 0.3) is 0 Å². The van der Waals surface area contributed by atoms with E-state index in [4.69, 9.17) is 24.5 Å². The van der Waals surface area contributed by atoms with E-state index in [0.717, 1.165) is 31.6 Å². The van der Waals surface area contributed by atoms with Gasteiger partial charge in [-0.05, 0) is 70.1 Å². The number of rotatable bonds is 7. The normalized spacial score (nSPS) is 17.0. The first-order valence-electron chi connectivity index (χ1n) is 16.4. The van der Waals surface area contributed by atoms with E-state index in [1.54, 1.807) is 24.7 Å². The van der Waals surface area contributed by atoms with Crippen molar-refractivity contribution in [2.45, 2.75) is 56.2 Å². The van der Waals surface area contributed by atoms with E-state index < -0.39 is 41.4 Å². The summed E-state index contributed by atoms with van der Waals surface area (Å²) in [7, 11) is 2.01. The molecule has 56 heavy (non-hydrogen) atoms. The molecule has 2 aliphatic rings. The fourth-order valence-corrected chi connectivity index (χ4v) is 5.76. The van der Waals surface area contributed by atoms with Crippen molar-refractivity contribution in [1.82, 2.24) is 25.2 Å². The van der Waals surface area contributed by atoms with Crippen LogP contribution in [0.5, 0.6) is 5.88 Å². The SMILES string of the molecule is CCOc1ncccc1-c1ncc(C2(C(=O)N[C@H]3CCN(C)C3)CCN(c3ccc(C(F)(F)F)cc3C#N)CC2)cn1.O=C(O)C(F)(F)F.O=C(O)C(F)(F)F. The second kappa shape index (κ2) is 18.3. The summed E-state index contributed by atoms with van der Waals surface area (Å²) >= 11 is 0. The number of hydrogen-bond acceptors (Lipinski definition) is 10. The molecule has 2 saturated heterocycles. The van der Waals surface area contributed by atoms with Crippen molar-refractivity contribution in [3.8, 4) is 23.3 Å². The van der Waals surface area contributed by atoms with Gasteiger partial charge in [0.15, 0.2) is 5.82 Å². The number of pyridine rings is 1. The first-order valence-corrected chi connectivity index (χ1v) is 16.4. The summed E-state index contributed by atoms with van der Waals surface area (Å²) in [6.07, 6.45) is -8.16. The number of nitrogens with one attached hydrogen (secondary N) is 1. The standard InChI is InChI=1S/C30H32F3N7O2.2C2HF3O2/c1-3-42-27-24(5-4-11-35-27)26-36-17-22(18-37-26)29(28(41)38-23-8-12-39(2)19-23)9-13-40(14-10-29)25-7-6-21(30(31,32)33)15-20(25)16-34;2*3-2(4,5)1(6)7/h4-7,11,15,17-18,23H,3,8-10,12-14,19H2,1-2H3,(H,38,41);2*(H,6,7)/t23-;;/m0../s1. The van der Waals surface area contributed by atoms with Crippen LogP contribution in [0.15, 0.2) is 48.9 Å². The third kappa shape index (κ3) is 11.6. The van der Waals surface area contributed by atoms with Crippen molar-refractivity contribution in [3.05, 3.63) is 65.6 Å². The summed E-state index contributed by atoms with van der Waals surface area (Å²) < 4.78 is 109. The minimum Gasteiger partial charge on any atom is -0.477 e. The largest absolute Gasteiger partial charge is 0.490 e. The third-order valence-corrected chi connectivity index (χ3v) is 8.55. The highest BCUT2D eigenvalue weighted by molar-refractivity contribution is 5.89. The number of carbonyl (C=O) groups excluding carboxylic acids is 1. The molecular weight excluding hydrogens is 773 g/mol. The molecule has 1 amide bonds. The molecule has 0 unspecified atom stereocenters. The fraction of sp³-hybridized carbons (Fsp3) is 0.441. The number of likely N-dealkylation sites (N-methyl/N-ethyl adjacent to an activating group) is 1. The summed E-state index contributed by atoms with van der Waals surface area (Å²) in [5.74, 6) is -4.80. The number of carboxylic acids is 2. The molecule has 3 N–H and O–H groups in total. The highest BCUT2D eigenvalue weighted by atomic mass is 19.4. The lowest BCUT2D eigenvalue weighted by molar-refractivity contribution is -0.193. The van der Waals surface area contributed by atoms with Crippen LogP contribution in [0.4, 0.5) is 45.2 Å². The van der Waals surface area contributed by atoms with Gasteiger partial charge in [-0.3, -0.25) is 4.79 Å². The van der Waals surface area contributed by atoms with Gasteiger partial charge in [0.05, 0.1) is 34.4 Å². The maximum atomic E-state index is 14.0. The first-order chi connectivity index (χ1) is 26.0. The molecule has 3 aromatic rings. The quantitative estimate of drug-likeness (QED) is 0.257. The number of likely N-dealkylation sites (tertiary alicyclic amines) is 1. The number of benzene rings is 1. The van der Waals surface area contributed by atoms with Gasteiger partial charge in [-0.1, -0.05) is 0 Å². The second-order valence-electron chi connectivity index (χ2n) is 12.3. The van der Waals surface area contributed by atoms with Crippen molar-refractivity contribution < 1.29 is 68.8 Å². The Kier molecular flexibility index (Phi) is 14.6. The third-order valence-electron chi connectivity index (χ3n) is 8.55. The van der Waals surface area contributed by atoms with E-state index in [1.807, 2.05) is 31.0 Å². The highest BCUT2D eigenvalue weighted by Crippen LogP contribution is 2.40. The van der Waals surface area contributed by atoms with Crippen molar-refractivity contribution in [1.29, 1.82) is 5.26 Å². The van der Waals surface area contributed by atoms with Gasteiger partial charge in [0, 0.05) is 49.8 Å². The van der Waals surface area contributed by atoms with Gasteiger partial charge in [-0.25, -0.2) is 24.5 Å². The summed E-state index contributed by atoms with van der Waals surface area (Å²) in [6, 6.07) is 8.72. The number of anilines is 1. The van der Waals surface area contributed by atoms with E-state index in [2.05, 4.69) is 25.2 Å². The van der Waals surface area contributed by atoms with Crippen molar-refractivity contribution >= 4 is 23.5 Å². The van der Waals surface area contributed by atoms with Crippen LogP contribution in [0.2, 0.25) is 0 Å². The van der Waals surface area contributed by atoms with Crippen LogP contribution in [0.25, 0.3) is 11.4 Å². The fourth-order valence-electron chi connectivity index (χ4n) is 5.76. The number of carbonyl (C=O) groups is 3. The van der Waals surface area contributed by atoms with E-state index in [0.29, 0.717) is 61.1 Å². The van der Waals surface area contributed by atoms with E-state index >= 15 is 0 Å². The molecule has 5 rings (SSSR count). The number of nitrogens with zero attached hydrogens (tertiary/aromatic N) is 6. The molecule has 0 bridgehead atoms. The molecule has 1 atom stereocenters. The number of carboxylic acid groups (broad SMARTS) is 2. The molecule has 2 aromatic heterocycles. The minimum atomic E-state index is -5.08. The minimum absolute atomic E-state index is 0.0156. The first kappa shape index (κ1) is 44.7. The maximum Gasteiger partial charge on any atom is 0.490 e. The van der Waals surface area contributed by atoms with Crippen molar-refractivity contribution in [2.24, 2.45) is 0 Å². The summed E-state index contributed by atoms with van der Waals surface area (Å²) in [5, 5.41) is 27.1. The van der Waals surface area contributed by atoms with Gasteiger partial charge in [0.1, 0.15) is 6.07 Å². The number of alkyl halides is 9. The molecule has 0 spiro atoms. The molecule has 4 heterocycles. The van der Waals surface area contributed by atoms with Crippen LogP contribution in [-0.2, 0) is 26.0 Å². The smallest absolute Gasteiger partial charge is 0.477 e. The summed E-state index contributed by atoms with van der Waals surface area (Å²) in [6.45, 7) is 4.66. The molecule has 13 nitrogen and oxygen atoms in total. The van der Waals surface area contributed by atoms with Gasteiger partial charge >= 0.3 is 30.5 Å². The predicted molar refractivity (Wildman–Crippen MR) is 177 cm³/mol. The Morgan fingerprint density at radius 3 is 1.98 bits per heavy atom. The molecule has 2 aliphatic heterocycles. The number of hydrogen-bond donors (Lipinski definition) is 3. The molecule has 1 aromatic carbocycles. The maximum absolute atomic E-state index is 14.0. The van der Waals surface area contributed by atoms with E-state index in [1.165, 1.54) is 6.07 Å². The summed E-state index contributed by atoms with van der Waals surface area (Å²) in [4.78, 5) is 49.3. The molecule has 0 radical (unpaired) electrons. The Hall–Kier alpha value is -5.72. The Labute approximate surface area is 312 Å². The van der Waals surface area contributed by atoms with Gasteiger partial charge in [-0.15, -0.1) is 0 Å². The number of ether oxygens (including phenoxy) is 1. The van der Waals surface area contributed by atoms with Crippen LogP contribution in [0.1, 0.15) is 42.9 Å². The van der Waals surface area contributed by atoms with Crippen LogP contribution in [-0.4, -0.2) is 106 Å². The van der Waals surface area contributed by atoms with Crippen molar-refractivity contribution in [3.63, 3.8) is 0 Å². The lowest BCUT2D eigenvalue weighted by atomic mass is 9.72. The second-order valence-corrected chi connectivity index (χ2v) is 12.3. The zero-order valence-corrected chi connectivity index (χ0v) is 29.5. The average molecular weight is 808 g/mol. The number of amides is 1. The van der Waals surface area contributed by atoms with Crippen LogP contribution in [0.3, 0.4) is 0 Å². The van der Waals surface area contributed by atoms with Gasteiger partial charge in [-0.2, -0.15) is 44.8 Å². The number of piperidine rings is 1. The Morgan fingerprint density at radius 1 is 0.946 bits per heavy atom. The van der Waals surface area contributed by atoms with Crippen LogP contribution >= 0.6 is 0 Å². The highest BCUT2D eigenvalue weighted by Gasteiger charge is 2.45. The molecule has 0 aliphatic carbocycles. The Bertz CT molecular complexity index is 1850. The Morgan fingerprint density at radius 2 is 1.52 bits per heavy atom. The lowest BCUT2D eigenvalue weighted by Crippen LogP contribution is -2.54. The van der Waals surface area contributed by atoms with Gasteiger partial charge in [0.2, 0.25) is 11.8 Å². The number of halogens is 9. The molecule has 0 saturated carbocycles. The zero-order chi connectivity index (χ0) is 42.1. The number of aromatic nitrogens is 3. The average Bonchev–Trinajstić information content (AvgIpc) is 3.55. The van der Waals surface area contributed by atoms with E-state index in [9.17, 15) is 49.6 Å². The summed E-state index contributed by atoms with van der Waals surface area (Å²) in [5.41, 5.74) is -0.154. The van der Waals surface area contributed by atoms with Crippen molar-refractivity contribution in [2.75, 3.05) is 44.7 Å². The predicted octanol–water partition coefficient (Wildman–Crippen LogP) is 5.45. The molecule has 22 heteroatoms. The number of nitriles is 1. The Balaban J connectivity index is 0.000000512. The van der Waals surface area contributed by atoms with Crippen LogP contribution < -0.4 is 15.0 Å². The molecule has 304 valence electrons. The van der Waals surface area contributed by atoms with Gasteiger partial charge < -0.3 is 30.1 Å². The monoisotopic (exact) mass is 807 g/mol. The van der Waals surface area contributed by atoms with E-state index in [-0.39, 0.29) is 17.5 Å².